The second-order valence-electron chi connectivity index (χ2n) is 3.26. The van der Waals surface area contributed by atoms with E-state index in [9.17, 15) is 4.39 Å². The maximum absolute atomic E-state index is 13.0. The van der Waals surface area contributed by atoms with Crippen LogP contribution in [0.2, 0.25) is 10.0 Å². The highest BCUT2D eigenvalue weighted by Gasteiger charge is 2.08. The first-order valence-corrected chi connectivity index (χ1v) is 5.56. The van der Waals surface area contributed by atoms with E-state index in [2.05, 4.69) is 15.3 Å². The summed E-state index contributed by atoms with van der Waals surface area (Å²) in [5, 5.41) is 3.42. The zero-order chi connectivity index (χ0) is 12.3. The van der Waals surface area contributed by atoms with Crippen LogP contribution in [0.15, 0.2) is 30.6 Å². The van der Waals surface area contributed by atoms with E-state index in [4.69, 9.17) is 23.2 Å². The molecule has 0 radical (unpaired) electrons. The van der Waals surface area contributed by atoms with Crippen LogP contribution in [0.4, 0.5) is 10.1 Å². The lowest BCUT2D eigenvalue weighted by atomic mass is 10.3. The standard InChI is InChI=1S/C11H8Cl2FN3/c12-8-4-7(14)5-9(13)11(8)17-6-10-15-2-1-3-16-10/h1-5,17H,6H2. The van der Waals surface area contributed by atoms with Gasteiger partial charge in [-0.05, 0) is 18.2 Å². The molecule has 0 bridgehead atoms. The molecule has 0 saturated heterocycles. The highest BCUT2D eigenvalue weighted by atomic mass is 35.5. The monoisotopic (exact) mass is 271 g/mol. The van der Waals surface area contributed by atoms with Crippen LogP contribution in [0.1, 0.15) is 5.82 Å². The zero-order valence-corrected chi connectivity index (χ0v) is 10.1. The predicted molar refractivity (Wildman–Crippen MR) is 65.8 cm³/mol. The number of anilines is 1. The Hall–Kier alpha value is -1.39. The lowest BCUT2D eigenvalue weighted by Crippen LogP contribution is -2.04. The molecule has 3 nitrogen and oxygen atoms in total. The molecule has 2 aromatic rings. The summed E-state index contributed by atoms with van der Waals surface area (Å²) >= 11 is 11.7. The molecule has 0 aliphatic heterocycles. The molecular weight excluding hydrogens is 264 g/mol. The van der Waals surface area contributed by atoms with Gasteiger partial charge in [-0.3, -0.25) is 0 Å². The lowest BCUT2D eigenvalue weighted by Gasteiger charge is -2.09. The van der Waals surface area contributed by atoms with Gasteiger partial charge in [0.05, 0.1) is 22.3 Å². The van der Waals surface area contributed by atoms with Crippen molar-refractivity contribution in [2.24, 2.45) is 0 Å². The smallest absolute Gasteiger partial charge is 0.147 e. The summed E-state index contributed by atoms with van der Waals surface area (Å²) in [5.41, 5.74) is 0.474. The first kappa shape index (κ1) is 12.1. The number of rotatable bonds is 3. The van der Waals surface area contributed by atoms with E-state index in [1.54, 1.807) is 18.5 Å². The highest BCUT2D eigenvalue weighted by molar-refractivity contribution is 6.39. The van der Waals surface area contributed by atoms with Crippen molar-refractivity contribution in [1.29, 1.82) is 0 Å². The minimum atomic E-state index is -0.471. The van der Waals surface area contributed by atoms with Crippen molar-refractivity contribution in [2.75, 3.05) is 5.32 Å². The number of hydrogen-bond acceptors (Lipinski definition) is 3. The van der Waals surface area contributed by atoms with Crippen molar-refractivity contribution >= 4 is 28.9 Å². The van der Waals surface area contributed by atoms with Gasteiger partial charge in [-0.15, -0.1) is 0 Å². The molecule has 0 aliphatic carbocycles. The van der Waals surface area contributed by atoms with Crippen LogP contribution in [0.3, 0.4) is 0 Å². The fraction of sp³-hybridized carbons (Fsp3) is 0.0909. The molecule has 1 heterocycles. The molecule has 0 spiro atoms. The Kier molecular flexibility index (Phi) is 3.76. The minimum Gasteiger partial charge on any atom is -0.375 e. The fourth-order valence-corrected chi connectivity index (χ4v) is 1.89. The van der Waals surface area contributed by atoms with Crippen molar-refractivity contribution in [3.05, 3.63) is 52.3 Å². The Labute approximate surface area is 108 Å². The predicted octanol–water partition coefficient (Wildman–Crippen LogP) is 3.53. The van der Waals surface area contributed by atoms with Gasteiger partial charge in [0.2, 0.25) is 0 Å². The first-order chi connectivity index (χ1) is 8.16. The van der Waals surface area contributed by atoms with Crippen molar-refractivity contribution in [1.82, 2.24) is 9.97 Å². The van der Waals surface area contributed by atoms with Gasteiger partial charge >= 0.3 is 0 Å². The second kappa shape index (κ2) is 5.29. The molecule has 0 unspecified atom stereocenters. The Morgan fingerprint density at radius 3 is 2.29 bits per heavy atom. The fourth-order valence-electron chi connectivity index (χ4n) is 1.30. The van der Waals surface area contributed by atoms with Gasteiger partial charge < -0.3 is 5.32 Å². The Morgan fingerprint density at radius 2 is 1.71 bits per heavy atom. The van der Waals surface area contributed by atoms with Crippen molar-refractivity contribution in [3.63, 3.8) is 0 Å². The van der Waals surface area contributed by atoms with Gasteiger partial charge in [-0.25, -0.2) is 14.4 Å². The molecule has 88 valence electrons. The highest BCUT2D eigenvalue weighted by Crippen LogP contribution is 2.31. The number of hydrogen-bond donors (Lipinski definition) is 1. The maximum Gasteiger partial charge on any atom is 0.147 e. The van der Waals surface area contributed by atoms with Gasteiger partial charge in [-0.1, -0.05) is 23.2 Å². The average molecular weight is 272 g/mol. The zero-order valence-electron chi connectivity index (χ0n) is 8.62. The number of aromatic nitrogens is 2. The van der Waals surface area contributed by atoms with Crippen LogP contribution < -0.4 is 5.32 Å². The maximum atomic E-state index is 13.0. The first-order valence-electron chi connectivity index (χ1n) is 4.81. The van der Waals surface area contributed by atoms with Gasteiger partial charge in [0.25, 0.3) is 0 Å². The molecule has 6 heteroatoms. The minimum absolute atomic E-state index is 0.228. The molecule has 0 aliphatic rings. The van der Waals surface area contributed by atoms with E-state index < -0.39 is 5.82 Å². The van der Waals surface area contributed by atoms with E-state index in [1.807, 2.05) is 0 Å². The molecule has 0 fully saturated rings. The van der Waals surface area contributed by atoms with Gasteiger partial charge in [-0.2, -0.15) is 0 Å². The van der Waals surface area contributed by atoms with E-state index in [0.29, 0.717) is 18.1 Å². The second-order valence-corrected chi connectivity index (χ2v) is 4.08. The number of nitrogens with one attached hydrogen (secondary N) is 1. The largest absolute Gasteiger partial charge is 0.375 e. The number of nitrogens with zero attached hydrogens (tertiary/aromatic N) is 2. The van der Waals surface area contributed by atoms with E-state index >= 15 is 0 Å². The molecule has 1 N–H and O–H groups in total. The summed E-state index contributed by atoms with van der Waals surface area (Å²) in [6.07, 6.45) is 3.27. The molecule has 1 aromatic heterocycles. The number of benzene rings is 1. The molecule has 2 rings (SSSR count). The molecule has 0 amide bonds. The summed E-state index contributed by atoms with van der Waals surface area (Å²) in [5.74, 6) is 0.130. The normalized spacial score (nSPS) is 10.3. The molecule has 1 aromatic carbocycles. The Balaban J connectivity index is 2.15. The molecule has 0 atom stereocenters. The quantitative estimate of drug-likeness (QED) is 0.928. The summed E-state index contributed by atoms with van der Waals surface area (Å²) in [7, 11) is 0. The van der Waals surface area contributed by atoms with E-state index in [1.165, 1.54) is 12.1 Å². The van der Waals surface area contributed by atoms with Gasteiger partial charge in [0, 0.05) is 12.4 Å². The third-order valence-electron chi connectivity index (χ3n) is 2.05. The summed E-state index contributed by atoms with van der Waals surface area (Å²) in [6.45, 7) is 0.367. The van der Waals surface area contributed by atoms with Crippen LogP contribution in [-0.4, -0.2) is 9.97 Å². The average Bonchev–Trinajstić information content (AvgIpc) is 2.29. The third kappa shape index (κ3) is 3.05. The Bertz CT molecular complexity index is 496. The third-order valence-corrected chi connectivity index (χ3v) is 2.65. The van der Waals surface area contributed by atoms with Crippen LogP contribution in [0, 0.1) is 5.82 Å². The van der Waals surface area contributed by atoms with E-state index in [0.717, 1.165) is 0 Å². The molecule has 17 heavy (non-hydrogen) atoms. The van der Waals surface area contributed by atoms with Crippen LogP contribution in [0.5, 0.6) is 0 Å². The summed E-state index contributed by atoms with van der Waals surface area (Å²) < 4.78 is 13.0. The van der Waals surface area contributed by atoms with Crippen LogP contribution >= 0.6 is 23.2 Å². The van der Waals surface area contributed by atoms with E-state index in [-0.39, 0.29) is 10.0 Å². The van der Waals surface area contributed by atoms with Crippen LogP contribution in [-0.2, 0) is 6.54 Å². The number of halogens is 3. The topological polar surface area (TPSA) is 37.8 Å². The van der Waals surface area contributed by atoms with Crippen molar-refractivity contribution < 1.29 is 4.39 Å². The SMILES string of the molecule is Fc1cc(Cl)c(NCc2ncccn2)c(Cl)c1. The van der Waals surface area contributed by atoms with Crippen molar-refractivity contribution in [2.45, 2.75) is 6.54 Å². The van der Waals surface area contributed by atoms with Gasteiger partial charge in [0.15, 0.2) is 0 Å². The molecule has 0 saturated carbocycles. The summed E-state index contributed by atoms with van der Waals surface area (Å²) in [6, 6.07) is 4.12. The van der Waals surface area contributed by atoms with Gasteiger partial charge in [0.1, 0.15) is 11.6 Å². The van der Waals surface area contributed by atoms with Crippen molar-refractivity contribution in [3.8, 4) is 0 Å². The molecular formula is C11H8Cl2FN3. The Morgan fingerprint density at radius 1 is 1.12 bits per heavy atom. The lowest BCUT2D eigenvalue weighted by molar-refractivity contribution is 0.628. The van der Waals surface area contributed by atoms with Crippen LogP contribution in [0.25, 0.3) is 0 Å². The summed E-state index contributed by atoms with van der Waals surface area (Å²) in [4.78, 5) is 8.07.